The summed E-state index contributed by atoms with van der Waals surface area (Å²) < 4.78 is 0. The Kier molecular flexibility index (Phi) is 3.28. The van der Waals surface area contributed by atoms with Crippen LogP contribution in [0.3, 0.4) is 0 Å². The van der Waals surface area contributed by atoms with E-state index in [4.69, 9.17) is 0 Å². The van der Waals surface area contributed by atoms with Crippen molar-refractivity contribution in [1.82, 2.24) is 0 Å². The largest absolute Gasteiger partial charge is 0.0985 e. The summed E-state index contributed by atoms with van der Waals surface area (Å²) >= 11 is 4.01. The van der Waals surface area contributed by atoms with Gasteiger partial charge in [-0.2, -0.15) is 0 Å². The fraction of sp³-hybridized carbons (Fsp3) is 0. The minimum absolute atomic E-state index is 0.185. The smallest absolute Gasteiger partial charge is 0.0540 e. The predicted octanol–water partition coefficient (Wildman–Crippen LogP) is 5.16. The first-order valence-electron chi connectivity index (χ1n) is 5.34. The molecule has 0 unspecified atom stereocenters. The van der Waals surface area contributed by atoms with Gasteiger partial charge in [0.25, 0.3) is 0 Å². The normalized spacial score (nSPS) is 14.6. The van der Waals surface area contributed by atoms with Crippen molar-refractivity contribution in [3.8, 4) is 0 Å². The van der Waals surface area contributed by atoms with E-state index in [9.17, 15) is 0 Å². The van der Waals surface area contributed by atoms with Gasteiger partial charge in [-0.15, -0.1) is 0 Å². The molecule has 84 valence electrons. The van der Waals surface area contributed by atoms with E-state index in [0.29, 0.717) is 0 Å². The molecule has 3 heteroatoms. The van der Waals surface area contributed by atoms with Gasteiger partial charge >= 0.3 is 0 Å². The zero-order valence-corrected chi connectivity index (χ0v) is 11.7. The molecule has 2 aromatic carbocycles. The van der Waals surface area contributed by atoms with E-state index in [1.807, 2.05) is 28.8 Å². The van der Waals surface area contributed by atoms with E-state index >= 15 is 0 Å². The van der Waals surface area contributed by atoms with Gasteiger partial charge in [0.15, 0.2) is 0 Å². The Morgan fingerprint density at radius 3 is 2.00 bits per heavy atom. The van der Waals surface area contributed by atoms with Gasteiger partial charge in [0, 0.05) is 9.79 Å². The van der Waals surface area contributed by atoms with Crippen molar-refractivity contribution in [2.75, 3.05) is 0 Å². The van der Waals surface area contributed by atoms with E-state index in [-0.39, 0.29) is 6.33 Å². The first-order valence-corrected chi connectivity index (χ1v) is 9.53. The summed E-state index contributed by atoms with van der Waals surface area (Å²) in [5, 5.41) is 1.44. The van der Waals surface area contributed by atoms with Crippen molar-refractivity contribution in [3.05, 3.63) is 60.7 Å². The monoisotopic (exact) mass is 274 g/mol. The second-order valence-electron chi connectivity index (χ2n) is 3.68. The number of rotatable bonds is 2. The van der Waals surface area contributed by atoms with Gasteiger partial charge in [-0.25, -0.2) is 0 Å². The fourth-order valence-electron chi connectivity index (χ4n) is 1.64. The summed E-state index contributed by atoms with van der Waals surface area (Å²) in [6.45, 7) is 3.79. The Hall–Kier alpha value is -0.690. The highest BCUT2D eigenvalue weighted by atomic mass is 33.1. The molecule has 0 saturated carbocycles. The summed E-state index contributed by atoms with van der Waals surface area (Å²) in [6.07, 6.45) is 1.70. The third-order valence-corrected chi connectivity index (χ3v) is 9.62. The molecule has 1 aliphatic rings. The molecule has 0 nitrogen and oxygen atoms in total. The van der Waals surface area contributed by atoms with Crippen LogP contribution in [0.2, 0.25) is 0 Å². The lowest BCUT2D eigenvalue weighted by Gasteiger charge is -2.07. The number of hydrogen-bond donors (Lipinski definition) is 0. The van der Waals surface area contributed by atoms with Crippen LogP contribution in [0.15, 0.2) is 64.9 Å². The third kappa shape index (κ3) is 2.30. The molecule has 0 bridgehead atoms. The number of hydrogen-bond acceptors (Lipinski definition) is 2. The van der Waals surface area contributed by atoms with Crippen LogP contribution in [-0.4, -0.2) is 0 Å². The molecular formula is C14H11PS2. The molecular weight excluding hydrogens is 263 g/mol. The molecule has 2 aromatic rings. The van der Waals surface area contributed by atoms with Crippen LogP contribution in [0, 0.1) is 0 Å². The Morgan fingerprint density at radius 1 is 0.882 bits per heavy atom. The van der Waals surface area contributed by atoms with E-state index < -0.39 is 0 Å². The molecule has 0 amide bonds. The van der Waals surface area contributed by atoms with Crippen LogP contribution >= 0.6 is 29.1 Å². The lowest BCUT2D eigenvalue weighted by molar-refractivity contribution is 1.27. The molecule has 0 atom stereocenters. The molecule has 17 heavy (non-hydrogen) atoms. The van der Waals surface area contributed by atoms with Gasteiger partial charge in [0.05, 0.1) is 6.33 Å². The Bertz CT molecular complexity index is 523. The lowest BCUT2D eigenvalue weighted by atomic mass is 10.2. The van der Waals surface area contributed by atoms with Crippen LogP contribution < -0.4 is 5.30 Å². The molecule has 0 radical (unpaired) electrons. The van der Waals surface area contributed by atoms with E-state index in [2.05, 4.69) is 55.1 Å². The standard InChI is InChI=1S/C14H11PS2/c1-2-11-7-9-12(10-8-11)15-16-13-5-3-4-6-14(13)17-15/h2-10H,1H2. The lowest BCUT2D eigenvalue weighted by Crippen LogP contribution is -1.93. The maximum Gasteiger partial charge on any atom is 0.0540 e. The summed E-state index contributed by atoms with van der Waals surface area (Å²) in [7, 11) is 0. The van der Waals surface area contributed by atoms with Crippen molar-refractivity contribution in [2.24, 2.45) is 0 Å². The summed E-state index contributed by atoms with van der Waals surface area (Å²) in [5.74, 6) is 0. The highest BCUT2D eigenvalue weighted by molar-refractivity contribution is 8.91. The average Bonchev–Trinajstić information content (AvgIpc) is 2.82. The van der Waals surface area contributed by atoms with Crippen molar-refractivity contribution < 1.29 is 0 Å². The zero-order chi connectivity index (χ0) is 11.7. The van der Waals surface area contributed by atoms with Gasteiger partial charge < -0.3 is 0 Å². The highest BCUT2D eigenvalue weighted by Crippen LogP contribution is 2.72. The van der Waals surface area contributed by atoms with Gasteiger partial charge in [-0.1, -0.05) is 71.8 Å². The molecule has 0 spiro atoms. The second-order valence-corrected chi connectivity index (χ2v) is 9.94. The fourth-order valence-corrected chi connectivity index (χ4v) is 9.13. The molecule has 0 fully saturated rings. The van der Waals surface area contributed by atoms with Crippen molar-refractivity contribution in [1.29, 1.82) is 0 Å². The predicted molar refractivity (Wildman–Crippen MR) is 81.2 cm³/mol. The zero-order valence-electron chi connectivity index (χ0n) is 9.17. The molecule has 0 saturated heterocycles. The van der Waals surface area contributed by atoms with Crippen molar-refractivity contribution in [2.45, 2.75) is 9.79 Å². The topological polar surface area (TPSA) is 0 Å². The van der Waals surface area contributed by atoms with Gasteiger partial charge in [-0.3, -0.25) is 0 Å². The maximum atomic E-state index is 3.79. The number of fused-ring (bicyclic) bond motifs is 1. The average molecular weight is 274 g/mol. The molecule has 0 aliphatic carbocycles. The van der Waals surface area contributed by atoms with Gasteiger partial charge in [0.1, 0.15) is 0 Å². The summed E-state index contributed by atoms with van der Waals surface area (Å²) in [4.78, 5) is 2.85. The summed E-state index contributed by atoms with van der Waals surface area (Å²) in [6, 6.07) is 17.4. The van der Waals surface area contributed by atoms with E-state index in [1.165, 1.54) is 20.7 Å². The van der Waals surface area contributed by atoms with E-state index in [0.717, 1.165) is 0 Å². The summed E-state index contributed by atoms with van der Waals surface area (Å²) in [5.41, 5.74) is 1.19. The SMILES string of the molecule is C=Cc1ccc(P2Sc3ccccc3S2)cc1. The van der Waals surface area contributed by atoms with Crippen molar-refractivity contribution in [3.63, 3.8) is 0 Å². The number of benzene rings is 2. The van der Waals surface area contributed by atoms with Crippen LogP contribution in [-0.2, 0) is 0 Å². The first-order chi connectivity index (χ1) is 8.36. The van der Waals surface area contributed by atoms with Crippen molar-refractivity contribution >= 4 is 40.5 Å². The van der Waals surface area contributed by atoms with E-state index in [1.54, 1.807) is 0 Å². The maximum absolute atomic E-state index is 3.79. The minimum Gasteiger partial charge on any atom is -0.0985 e. The Morgan fingerprint density at radius 2 is 1.47 bits per heavy atom. The molecule has 3 rings (SSSR count). The quantitative estimate of drug-likeness (QED) is 0.693. The molecule has 0 N–H and O–H groups in total. The van der Waals surface area contributed by atoms with Gasteiger partial charge in [0.2, 0.25) is 0 Å². The molecule has 1 heterocycles. The van der Waals surface area contributed by atoms with Crippen LogP contribution in [0.1, 0.15) is 5.56 Å². The Labute approximate surface area is 111 Å². The van der Waals surface area contributed by atoms with Crippen LogP contribution in [0.4, 0.5) is 0 Å². The first kappa shape index (κ1) is 11.4. The highest BCUT2D eigenvalue weighted by Gasteiger charge is 2.23. The molecule has 1 aliphatic heterocycles. The Balaban J connectivity index is 1.86. The van der Waals surface area contributed by atoms with Crippen LogP contribution in [0.25, 0.3) is 6.08 Å². The van der Waals surface area contributed by atoms with Crippen LogP contribution in [0.5, 0.6) is 0 Å². The van der Waals surface area contributed by atoms with Gasteiger partial charge in [-0.05, 0) is 23.0 Å². The molecule has 0 aromatic heterocycles. The minimum atomic E-state index is -0.185. The second kappa shape index (κ2) is 4.89. The third-order valence-electron chi connectivity index (χ3n) is 2.55.